The third kappa shape index (κ3) is 4.73. The number of nitrogens with zero attached hydrogens (tertiary/aromatic N) is 2. The van der Waals surface area contributed by atoms with Crippen molar-refractivity contribution in [3.05, 3.63) is 58.5 Å². The number of nitrogens with one attached hydrogen (secondary N) is 2. The number of anilines is 3. The Balaban J connectivity index is 1.75. The molecule has 0 aliphatic heterocycles. The normalized spacial score (nSPS) is 10.6. The van der Waals surface area contributed by atoms with Gasteiger partial charge in [0.15, 0.2) is 5.00 Å². The molecule has 2 N–H and O–H groups in total. The van der Waals surface area contributed by atoms with Gasteiger partial charge >= 0.3 is 6.09 Å². The number of pyridine rings is 1. The summed E-state index contributed by atoms with van der Waals surface area (Å²) in [5.74, 6) is -1.97. The Kier molecular flexibility index (Phi) is 5.26. The van der Waals surface area contributed by atoms with Crippen LogP contribution in [0.4, 0.5) is 34.5 Å². The van der Waals surface area contributed by atoms with Crippen LogP contribution in [0.3, 0.4) is 0 Å². The molecule has 2 heterocycles. The molecule has 0 unspecified atom stereocenters. The van der Waals surface area contributed by atoms with E-state index in [1.54, 1.807) is 6.92 Å². The Hall–Kier alpha value is -3.14. The molecule has 0 fully saturated rings. The van der Waals surface area contributed by atoms with Gasteiger partial charge in [0, 0.05) is 11.8 Å². The molecule has 3 aromatic rings. The predicted molar refractivity (Wildman–Crippen MR) is 95.1 cm³/mol. The van der Waals surface area contributed by atoms with Gasteiger partial charge in [-0.25, -0.2) is 27.9 Å². The van der Waals surface area contributed by atoms with Crippen LogP contribution in [0.15, 0.2) is 30.3 Å². The van der Waals surface area contributed by atoms with Crippen molar-refractivity contribution in [2.24, 2.45) is 0 Å². The number of thiazole rings is 1. The van der Waals surface area contributed by atoms with Crippen molar-refractivity contribution in [2.75, 3.05) is 10.6 Å². The second-order valence-corrected chi connectivity index (χ2v) is 6.63. The highest BCUT2D eigenvalue weighted by Gasteiger charge is 2.16. The molecule has 0 saturated heterocycles. The van der Waals surface area contributed by atoms with Gasteiger partial charge < -0.3 is 10.1 Å². The molecule has 27 heavy (non-hydrogen) atoms. The zero-order valence-electron chi connectivity index (χ0n) is 14.1. The first kappa shape index (κ1) is 18.6. The fourth-order valence-corrected chi connectivity index (χ4v) is 2.91. The average molecular weight is 394 g/mol. The van der Waals surface area contributed by atoms with E-state index in [2.05, 4.69) is 20.6 Å². The van der Waals surface area contributed by atoms with Crippen LogP contribution < -0.4 is 15.4 Å². The standard InChI is InChI=1S/C17H13F3N4O2S/c1-8-13(20)3-4-14(21-8)24-17(25)26-15-16(27-9(2)22-15)23-12-6-10(18)5-11(19)7-12/h3-7,23H,1-2H3,(H,21,24,25). The van der Waals surface area contributed by atoms with E-state index in [1.807, 2.05) is 0 Å². The summed E-state index contributed by atoms with van der Waals surface area (Å²) in [6.07, 6.45) is -0.896. The second-order valence-electron chi connectivity index (χ2n) is 5.43. The van der Waals surface area contributed by atoms with Crippen molar-refractivity contribution < 1.29 is 22.7 Å². The van der Waals surface area contributed by atoms with E-state index in [4.69, 9.17) is 4.74 Å². The highest BCUT2D eigenvalue weighted by molar-refractivity contribution is 7.16. The van der Waals surface area contributed by atoms with Crippen LogP contribution >= 0.6 is 11.3 Å². The summed E-state index contributed by atoms with van der Waals surface area (Å²) in [6.45, 7) is 3.13. The van der Waals surface area contributed by atoms with E-state index in [0.29, 0.717) is 5.01 Å². The monoisotopic (exact) mass is 394 g/mol. The van der Waals surface area contributed by atoms with Crippen molar-refractivity contribution in [1.82, 2.24) is 9.97 Å². The van der Waals surface area contributed by atoms with E-state index in [9.17, 15) is 18.0 Å². The number of benzene rings is 1. The molecular weight excluding hydrogens is 381 g/mol. The van der Waals surface area contributed by atoms with Crippen molar-refractivity contribution >= 4 is 33.9 Å². The van der Waals surface area contributed by atoms with Crippen molar-refractivity contribution in [2.45, 2.75) is 13.8 Å². The molecule has 0 atom stereocenters. The number of halogens is 3. The molecule has 140 valence electrons. The fourth-order valence-electron chi connectivity index (χ4n) is 2.14. The van der Waals surface area contributed by atoms with Gasteiger partial charge in [0.25, 0.3) is 5.88 Å². The summed E-state index contributed by atoms with van der Waals surface area (Å²) in [7, 11) is 0. The van der Waals surface area contributed by atoms with Crippen LogP contribution in [0.2, 0.25) is 0 Å². The van der Waals surface area contributed by atoms with Crippen LogP contribution in [0.5, 0.6) is 5.88 Å². The lowest BCUT2D eigenvalue weighted by molar-refractivity contribution is 0.213. The Morgan fingerprint density at radius 2 is 1.78 bits per heavy atom. The summed E-state index contributed by atoms with van der Waals surface area (Å²) in [4.78, 5) is 20.0. The third-order valence-corrected chi connectivity index (χ3v) is 4.13. The van der Waals surface area contributed by atoms with Crippen molar-refractivity contribution in [3.8, 4) is 5.88 Å². The summed E-state index contributed by atoms with van der Waals surface area (Å²) < 4.78 is 45.0. The summed E-state index contributed by atoms with van der Waals surface area (Å²) in [6, 6.07) is 5.37. The lowest BCUT2D eigenvalue weighted by Gasteiger charge is -2.08. The van der Waals surface area contributed by atoms with E-state index in [1.165, 1.54) is 13.0 Å². The van der Waals surface area contributed by atoms with Gasteiger partial charge in [-0.15, -0.1) is 0 Å². The number of carbonyl (C=O) groups is 1. The van der Waals surface area contributed by atoms with Crippen LogP contribution in [0.1, 0.15) is 10.7 Å². The molecule has 0 aliphatic carbocycles. The summed E-state index contributed by atoms with van der Waals surface area (Å²) in [5, 5.41) is 5.97. The maximum Gasteiger partial charge on any atom is 0.419 e. The quantitative estimate of drug-likeness (QED) is 0.656. The minimum absolute atomic E-state index is 0.0708. The second kappa shape index (κ2) is 7.62. The van der Waals surface area contributed by atoms with Gasteiger partial charge in [0.1, 0.15) is 23.3 Å². The van der Waals surface area contributed by atoms with Crippen LogP contribution in [-0.4, -0.2) is 16.1 Å². The third-order valence-electron chi connectivity index (χ3n) is 3.26. The number of ether oxygens (including phenoxy) is 1. The highest BCUT2D eigenvalue weighted by Crippen LogP contribution is 2.34. The maximum absolute atomic E-state index is 13.3. The van der Waals surface area contributed by atoms with Gasteiger partial charge in [-0.05, 0) is 38.1 Å². The van der Waals surface area contributed by atoms with Gasteiger partial charge in [0.05, 0.1) is 10.7 Å². The van der Waals surface area contributed by atoms with E-state index in [0.717, 1.165) is 35.6 Å². The Bertz CT molecular complexity index is 990. The lowest BCUT2D eigenvalue weighted by Crippen LogP contribution is -2.18. The number of hydrogen-bond acceptors (Lipinski definition) is 6. The number of carbonyl (C=O) groups excluding carboxylic acids is 1. The van der Waals surface area contributed by atoms with E-state index < -0.39 is 23.5 Å². The van der Waals surface area contributed by atoms with Crippen molar-refractivity contribution in [1.29, 1.82) is 0 Å². The predicted octanol–water partition coefficient (Wildman–Crippen LogP) is 4.93. The number of aryl methyl sites for hydroxylation is 2. The topological polar surface area (TPSA) is 76.1 Å². The first-order chi connectivity index (χ1) is 12.8. The van der Waals surface area contributed by atoms with Gasteiger partial charge in [-0.3, -0.25) is 5.32 Å². The Morgan fingerprint density at radius 1 is 1.07 bits per heavy atom. The van der Waals surface area contributed by atoms with Crippen LogP contribution in [0, 0.1) is 31.3 Å². The molecule has 0 spiro atoms. The number of rotatable bonds is 4. The minimum Gasteiger partial charge on any atom is -0.388 e. The largest absolute Gasteiger partial charge is 0.419 e. The molecule has 0 saturated carbocycles. The molecular formula is C17H13F3N4O2S. The summed E-state index contributed by atoms with van der Waals surface area (Å²) in [5.41, 5.74) is 0.255. The SMILES string of the molecule is Cc1nc(OC(=O)Nc2ccc(F)c(C)n2)c(Nc2cc(F)cc(F)c2)s1. The zero-order valence-corrected chi connectivity index (χ0v) is 15.0. The molecule has 10 heteroatoms. The number of amides is 1. The fraction of sp³-hybridized carbons (Fsp3) is 0.118. The Labute approximate surface area is 156 Å². The average Bonchev–Trinajstić information content (AvgIpc) is 2.89. The molecule has 0 radical (unpaired) electrons. The number of hydrogen-bond donors (Lipinski definition) is 2. The molecule has 1 aromatic carbocycles. The molecule has 2 aromatic heterocycles. The summed E-state index contributed by atoms with van der Waals surface area (Å²) >= 11 is 1.14. The molecule has 1 amide bonds. The number of aromatic nitrogens is 2. The first-order valence-corrected chi connectivity index (χ1v) is 8.44. The van der Waals surface area contributed by atoms with Gasteiger partial charge in [0.2, 0.25) is 0 Å². The van der Waals surface area contributed by atoms with Gasteiger partial charge in [-0.2, -0.15) is 0 Å². The molecule has 0 bridgehead atoms. The van der Waals surface area contributed by atoms with Crippen LogP contribution in [0.25, 0.3) is 0 Å². The molecule has 0 aliphatic rings. The molecule has 3 rings (SSSR count). The zero-order chi connectivity index (χ0) is 19.6. The van der Waals surface area contributed by atoms with Gasteiger partial charge in [-0.1, -0.05) is 11.3 Å². The smallest absolute Gasteiger partial charge is 0.388 e. The molecule has 6 nitrogen and oxygen atoms in total. The Morgan fingerprint density at radius 3 is 2.44 bits per heavy atom. The van der Waals surface area contributed by atoms with E-state index in [-0.39, 0.29) is 28.1 Å². The highest BCUT2D eigenvalue weighted by atomic mass is 32.1. The lowest BCUT2D eigenvalue weighted by atomic mass is 10.3. The maximum atomic E-state index is 13.3. The van der Waals surface area contributed by atoms with Crippen LogP contribution in [-0.2, 0) is 0 Å². The van der Waals surface area contributed by atoms with Crippen molar-refractivity contribution in [3.63, 3.8) is 0 Å². The minimum atomic E-state index is -0.896. The first-order valence-electron chi connectivity index (χ1n) is 7.62. The van der Waals surface area contributed by atoms with E-state index >= 15 is 0 Å².